The Balaban J connectivity index is 2.02. The number of sulfonamides is 1. The predicted molar refractivity (Wildman–Crippen MR) is 91.6 cm³/mol. The van der Waals surface area contributed by atoms with E-state index >= 15 is 0 Å². The first kappa shape index (κ1) is 17.9. The van der Waals surface area contributed by atoms with Crippen LogP contribution in [-0.4, -0.2) is 56.5 Å². The molecule has 1 aliphatic rings. The van der Waals surface area contributed by atoms with Crippen molar-refractivity contribution in [3.8, 4) is 0 Å². The lowest BCUT2D eigenvalue weighted by Gasteiger charge is -2.39. The normalized spacial score (nSPS) is 22.3. The lowest BCUT2D eigenvalue weighted by atomic mass is 9.79. The third-order valence-electron chi connectivity index (χ3n) is 4.76. The first-order valence-electron chi connectivity index (χ1n) is 8.07. The molecule has 23 heavy (non-hydrogen) atoms. The highest BCUT2D eigenvalue weighted by Crippen LogP contribution is 2.34. The fourth-order valence-corrected chi connectivity index (χ4v) is 3.56. The molecule has 128 valence electrons. The van der Waals surface area contributed by atoms with Crippen LogP contribution in [0.5, 0.6) is 0 Å². The van der Waals surface area contributed by atoms with E-state index < -0.39 is 10.0 Å². The molecule has 1 saturated heterocycles. The number of piperidine rings is 1. The summed E-state index contributed by atoms with van der Waals surface area (Å²) < 4.78 is 24.0. The Kier molecular flexibility index (Phi) is 5.81. The van der Waals surface area contributed by atoms with Crippen LogP contribution in [0, 0.1) is 5.92 Å². The van der Waals surface area contributed by atoms with Crippen molar-refractivity contribution < 1.29 is 13.2 Å². The molecule has 0 aliphatic carbocycles. The Morgan fingerprint density at radius 2 is 1.96 bits per heavy atom. The predicted octanol–water partition coefficient (Wildman–Crippen LogP) is 1.92. The molecule has 0 radical (unpaired) electrons. The molecule has 0 aromatic heterocycles. The van der Waals surface area contributed by atoms with Crippen molar-refractivity contribution >= 4 is 15.9 Å². The van der Waals surface area contributed by atoms with E-state index in [0.717, 1.165) is 23.4 Å². The maximum absolute atomic E-state index is 12.4. The molecular formula is C17H26N2O3S. The van der Waals surface area contributed by atoms with E-state index in [9.17, 15) is 13.2 Å². The van der Waals surface area contributed by atoms with Gasteiger partial charge in [-0.25, -0.2) is 8.42 Å². The molecule has 0 bridgehead atoms. The standard InChI is InChI=1S/C17H26N2O3S/c1-4-14-12-19(17(20)13-18(2)23(3,21)22)11-10-16(14)15-8-6-5-7-9-15/h5-9,14,16H,4,10-13H2,1-3H3/t14-,16-/m0/s1. The largest absolute Gasteiger partial charge is 0.341 e. The van der Waals surface area contributed by atoms with Crippen molar-refractivity contribution in [1.29, 1.82) is 0 Å². The van der Waals surface area contributed by atoms with Gasteiger partial charge < -0.3 is 4.90 Å². The minimum Gasteiger partial charge on any atom is -0.341 e. The van der Waals surface area contributed by atoms with Crippen molar-refractivity contribution in [2.75, 3.05) is 32.9 Å². The van der Waals surface area contributed by atoms with E-state index in [1.807, 2.05) is 11.0 Å². The van der Waals surface area contributed by atoms with E-state index in [4.69, 9.17) is 0 Å². The Labute approximate surface area is 139 Å². The Bertz CT molecular complexity index is 630. The molecule has 0 unspecified atom stereocenters. The summed E-state index contributed by atoms with van der Waals surface area (Å²) in [6.07, 6.45) is 3.05. The average Bonchev–Trinajstić information content (AvgIpc) is 2.54. The zero-order chi connectivity index (χ0) is 17.0. The molecule has 1 aromatic rings. The fraction of sp³-hybridized carbons (Fsp3) is 0.588. The van der Waals surface area contributed by atoms with Crippen LogP contribution >= 0.6 is 0 Å². The maximum atomic E-state index is 12.4. The zero-order valence-corrected chi connectivity index (χ0v) is 14.9. The fourth-order valence-electron chi connectivity index (χ4n) is 3.22. The van der Waals surface area contributed by atoms with Gasteiger partial charge in [-0.3, -0.25) is 4.79 Å². The van der Waals surface area contributed by atoms with Crippen molar-refractivity contribution in [2.24, 2.45) is 5.92 Å². The maximum Gasteiger partial charge on any atom is 0.237 e. The highest BCUT2D eigenvalue weighted by molar-refractivity contribution is 7.88. The summed E-state index contributed by atoms with van der Waals surface area (Å²) in [7, 11) is -1.88. The molecule has 0 spiro atoms. The zero-order valence-electron chi connectivity index (χ0n) is 14.1. The lowest BCUT2D eigenvalue weighted by molar-refractivity contribution is -0.133. The summed E-state index contributed by atoms with van der Waals surface area (Å²) in [6, 6.07) is 10.4. The first-order chi connectivity index (χ1) is 10.8. The summed E-state index contributed by atoms with van der Waals surface area (Å²) in [6.45, 7) is 3.46. The minimum absolute atomic E-state index is 0.0781. The van der Waals surface area contributed by atoms with E-state index in [1.165, 1.54) is 12.6 Å². The van der Waals surface area contributed by atoms with E-state index in [-0.39, 0.29) is 12.5 Å². The molecule has 2 atom stereocenters. The van der Waals surface area contributed by atoms with Gasteiger partial charge in [-0.05, 0) is 23.8 Å². The summed E-state index contributed by atoms with van der Waals surface area (Å²) in [5, 5.41) is 0. The van der Waals surface area contributed by atoms with Gasteiger partial charge in [0.05, 0.1) is 12.8 Å². The molecule has 1 heterocycles. The number of benzene rings is 1. The summed E-state index contributed by atoms with van der Waals surface area (Å²) in [5.41, 5.74) is 1.33. The van der Waals surface area contributed by atoms with E-state index in [0.29, 0.717) is 24.9 Å². The quantitative estimate of drug-likeness (QED) is 0.824. The number of carbonyl (C=O) groups excluding carboxylic acids is 1. The smallest absolute Gasteiger partial charge is 0.237 e. The highest BCUT2D eigenvalue weighted by atomic mass is 32.2. The minimum atomic E-state index is -3.32. The van der Waals surface area contributed by atoms with Crippen LogP contribution < -0.4 is 0 Å². The number of carbonyl (C=O) groups is 1. The highest BCUT2D eigenvalue weighted by Gasteiger charge is 2.32. The lowest BCUT2D eigenvalue weighted by Crippen LogP contribution is -2.47. The molecule has 1 amide bonds. The Hall–Kier alpha value is -1.40. The van der Waals surface area contributed by atoms with Gasteiger partial charge in [0, 0.05) is 20.1 Å². The molecule has 0 saturated carbocycles. The third-order valence-corrected chi connectivity index (χ3v) is 6.02. The number of likely N-dealkylation sites (N-methyl/N-ethyl adjacent to an activating group) is 1. The van der Waals surface area contributed by atoms with Crippen molar-refractivity contribution in [1.82, 2.24) is 9.21 Å². The van der Waals surface area contributed by atoms with Crippen LogP contribution in [0.3, 0.4) is 0 Å². The van der Waals surface area contributed by atoms with Gasteiger partial charge in [-0.2, -0.15) is 4.31 Å². The van der Waals surface area contributed by atoms with Gasteiger partial charge in [0.25, 0.3) is 0 Å². The number of rotatable bonds is 5. The second-order valence-corrected chi connectivity index (χ2v) is 8.42. The molecule has 1 aliphatic heterocycles. The summed E-state index contributed by atoms with van der Waals surface area (Å²) >= 11 is 0. The van der Waals surface area contributed by atoms with Crippen LogP contribution in [-0.2, 0) is 14.8 Å². The molecule has 1 aromatic carbocycles. The van der Waals surface area contributed by atoms with Crippen LogP contribution in [0.4, 0.5) is 0 Å². The van der Waals surface area contributed by atoms with Gasteiger partial charge in [0.1, 0.15) is 0 Å². The van der Waals surface area contributed by atoms with Gasteiger partial charge in [0.2, 0.25) is 15.9 Å². The summed E-state index contributed by atoms with van der Waals surface area (Å²) in [4.78, 5) is 14.2. The van der Waals surface area contributed by atoms with Crippen LogP contribution in [0.25, 0.3) is 0 Å². The van der Waals surface area contributed by atoms with Gasteiger partial charge in [-0.15, -0.1) is 0 Å². The molecular weight excluding hydrogens is 312 g/mol. The molecule has 5 nitrogen and oxygen atoms in total. The Morgan fingerprint density at radius 1 is 1.30 bits per heavy atom. The number of hydrogen-bond acceptors (Lipinski definition) is 3. The number of hydrogen-bond donors (Lipinski definition) is 0. The van der Waals surface area contributed by atoms with Crippen LogP contribution in [0.1, 0.15) is 31.2 Å². The Morgan fingerprint density at radius 3 is 2.52 bits per heavy atom. The van der Waals surface area contributed by atoms with Crippen molar-refractivity contribution in [3.63, 3.8) is 0 Å². The van der Waals surface area contributed by atoms with Gasteiger partial charge in [-0.1, -0.05) is 43.7 Å². The van der Waals surface area contributed by atoms with Crippen molar-refractivity contribution in [3.05, 3.63) is 35.9 Å². The number of likely N-dealkylation sites (tertiary alicyclic amines) is 1. The average molecular weight is 338 g/mol. The second-order valence-electron chi connectivity index (χ2n) is 6.33. The van der Waals surface area contributed by atoms with Gasteiger partial charge in [0.15, 0.2) is 0 Å². The molecule has 6 heteroatoms. The van der Waals surface area contributed by atoms with Crippen LogP contribution in [0.15, 0.2) is 30.3 Å². The van der Waals surface area contributed by atoms with Crippen LogP contribution in [0.2, 0.25) is 0 Å². The topological polar surface area (TPSA) is 57.7 Å². The molecule has 1 fully saturated rings. The molecule has 0 N–H and O–H groups in total. The van der Waals surface area contributed by atoms with E-state index in [1.54, 1.807) is 0 Å². The number of amides is 1. The van der Waals surface area contributed by atoms with Gasteiger partial charge >= 0.3 is 0 Å². The first-order valence-corrected chi connectivity index (χ1v) is 9.91. The van der Waals surface area contributed by atoms with E-state index in [2.05, 4.69) is 31.2 Å². The third kappa shape index (κ3) is 4.54. The summed E-state index contributed by atoms with van der Waals surface area (Å²) in [5.74, 6) is 0.777. The molecule has 2 rings (SSSR count). The van der Waals surface area contributed by atoms with Crippen molar-refractivity contribution in [2.45, 2.75) is 25.7 Å². The second kappa shape index (κ2) is 7.45. The monoisotopic (exact) mass is 338 g/mol. The number of nitrogens with zero attached hydrogens (tertiary/aromatic N) is 2. The SMILES string of the molecule is CC[C@H]1CN(C(=O)CN(C)S(C)(=O)=O)CC[C@@H]1c1ccccc1.